The van der Waals surface area contributed by atoms with Crippen molar-refractivity contribution in [2.75, 3.05) is 25.1 Å². The molecular weight excluding hydrogens is 464 g/mol. The maximum atomic E-state index is 13.8. The number of rotatable bonds is 5. The van der Waals surface area contributed by atoms with Gasteiger partial charge in [-0.2, -0.15) is 0 Å². The highest BCUT2D eigenvalue weighted by molar-refractivity contribution is 5.56. The molecule has 1 saturated heterocycles. The molecule has 0 radical (unpaired) electrons. The van der Waals surface area contributed by atoms with Gasteiger partial charge in [-0.1, -0.05) is 12.1 Å². The molecular formula is C26H27F2N7O. The van der Waals surface area contributed by atoms with Gasteiger partial charge >= 0.3 is 0 Å². The van der Waals surface area contributed by atoms with Gasteiger partial charge in [0.2, 0.25) is 5.88 Å². The largest absolute Gasteiger partial charge is 0.479 e. The standard InChI is InChI=1S/C26H27F2N7O/c1-17-14-34(16-29-17)22-9-8-21(30-25(22)36-2)23-31-24-20(7-4-11-35(24)32-23)18-5-3-6-19(13-18)33-12-10-26(27,28)15-33/h3,5-6,8-9,13-14,16,20H,4,7,10-12,15H2,1-2H3/t20-/m1/s1. The van der Waals surface area contributed by atoms with Crippen LogP contribution in [0.5, 0.6) is 5.88 Å². The number of aromatic nitrogens is 6. The van der Waals surface area contributed by atoms with E-state index in [9.17, 15) is 8.78 Å². The molecule has 0 aliphatic carbocycles. The SMILES string of the molecule is COc1nc(-c2nc3n(n2)CCC[C@@H]3c2cccc(N3CCC(F)(F)C3)c2)ccc1-n1cnc(C)c1. The predicted octanol–water partition coefficient (Wildman–Crippen LogP) is 4.61. The number of imidazole rings is 1. The third-order valence-corrected chi connectivity index (χ3v) is 6.93. The third kappa shape index (κ3) is 4.10. The number of ether oxygens (including phenoxy) is 1. The predicted molar refractivity (Wildman–Crippen MR) is 131 cm³/mol. The number of anilines is 1. The summed E-state index contributed by atoms with van der Waals surface area (Å²) in [6.45, 7) is 2.84. The number of hydrogen-bond acceptors (Lipinski definition) is 6. The molecule has 10 heteroatoms. The molecule has 4 aromatic rings. The fourth-order valence-corrected chi connectivity index (χ4v) is 5.13. The van der Waals surface area contributed by atoms with E-state index in [-0.39, 0.29) is 18.9 Å². The number of fused-ring (bicyclic) bond motifs is 1. The minimum absolute atomic E-state index is 0.0400. The fourth-order valence-electron chi connectivity index (χ4n) is 5.13. The molecule has 1 aromatic carbocycles. The van der Waals surface area contributed by atoms with Crippen LogP contribution in [-0.2, 0) is 6.54 Å². The molecule has 2 aliphatic rings. The molecule has 3 aromatic heterocycles. The summed E-state index contributed by atoms with van der Waals surface area (Å²) in [5.41, 5.74) is 4.21. The van der Waals surface area contributed by atoms with E-state index in [0.717, 1.165) is 47.8 Å². The number of halogens is 2. The smallest absolute Gasteiger partial charge is 0.266 e. The Bertz CT molecular complexity index is 1410. The van der Waals surface area contributed by atoms with Crippen LogP contribution in [0.2, 0.25) is 0 Å². The first-order valence-electron chi connectivity index (χ1n) is 12.1. The maximum absolute atomic E-state index is 13.8. The summed E-state index contributed by atoms with van der Waals surface area (Å²) in [5.74, 6) is -0.715. The van der Waals surface area contributed by atoms with E-state index in [1.165, 1.54) is 0 Å². The van der Waals surface area contributed by atoms with Crippen LogP contribution in [0, 0.1) is 6.92 Å². The van der Waals surface area contributed by atoms with Gasteiger partial charge in [0.25, 0.3) is 5.92 Å². The number of pyridine rings is 1. The van der Waals surface area contributed by atoms with Crippen molar-refractivity contribution in [3.05, 3.63) is 66.0 Å². The van der Waals surface area contributed by atoms with Crippen molar-refractivity contribution in [2.45, 2.75) is 44.6 Å². The van der Waals surface area contributed by atoms with E-state index in [0.29, 0.717) is 23.9 Å². The van der Waals surface area contributed by atoms with Crippen LogP contribution in [0.1, 0.15) is 42.3 Å². The lowest BCUT2D eigenvalue weighted by atomic mass is 9.91. The lowest BCUT2D eigenvalue weighted by Gasteiger charge is -2.24. The number of nitrogens with zero attached hydrogens (tertiary/aromatic N) is 7. The average molecular weight is 492 g/mol. The monoisotopic (exact) mass is 491 g/mol. The first-order chi connectivity index (χ1) is 17.4. The van der Waals surface area contributed by atoms with Gasteiger partial charge in [0.1, 0.15) is 17.2 Å². The van der Waals surface area contributed by atoms with Crippen LogP contribution >= 0.6 is 0 Å². The second-order valence-corrected chi connectivity index (χ2v) is 9.48. The second-order valence-electron chi connectivity index (χ2n) is 9.48. The number of methoxy groups -OCH3 is 1. The zero-order valence-corrected chi connectivity index (χ0v) is 20.2. The Balaban J connectivity index is 1.31. The molecule has 0 amide bonds. The van der Waals surface area contributed by atoms with Gasteiger partial charge in [0, 0.05) is 37.3 Å². The molecule has 0 spiro atoms. The van der Waals surface area contributed by atoms with Gasteiger partial charge in [0.15, 0.2) is 5.82 Å². The van der Waals surface area contributed by atoms with Gasteiger partial charge in [-0.15, -0.1) is 5.10 Å². The molecule has 8 nitrogen and oxygen atoms in total. The van der Waals surface area contributed by atoms with Crippen molar-refractivity contribution in [3.8, 4) is 23.1 Å². The summed E-state index contributed by atoms with van der Waals surface area (Å²) in [7, 11) is 1.59. The van der Waals surface area contributed by atoms with Gasteiger partial charge in [-0.3, -0.25) is 0 Å². The summed E-state index contributed by atoms with van der Waals surface area (Å²) in [6, 6.07) is 11.7. The topological polar surface area (TPSA) is 73.9 Å². The molecule has 0 saturated carbocycles. The molecule has 186 valence electrons. The lowest BCUT2D eigenvalue weighted by molar-refractivity contribution is 0.0257. The molecule has 36 heavy (non-hydrogen) atoms. The zero-order chi connectivity index (χ0) is 24.9. The molecule has 0 unspecified atom stereocenters. The minimum Gasteiger partial charge on any atom is -0.479 e. The van der Waals surface area contributed by atoms with Crippen LogP contribution in [0.3, 0.4) is 0 Å². The van der Waals surface area contributed by atoms with Crippen molar-refractivity contribution in [3.63, 3.8) is 0 Å². The van der Waals surface area contributed by atoms with E-state index in [1.54, 1.807) is 18.3 Å². The Labute approximate surface area is 207 Å². The van der Waals surface area contributed by atoms with Crippen LogP contribution in [0.25, 0.3) is 17.2 Å². The van der Waals surface area contributed by atoms with E-state index in [1.807, 2.05) is 52.7 Å². The summed E-state index contributed by atoms with van der Waals surface area (Å²) in [4.78, 5) is 15.6. The van der Waals surface area contributed by atoms with Gasteiger partial charge in [-0.25, -0.2) is 28.4 Å². The van der Waals surface area contributed by atoms with E-state index in [4.69, 9.17) is 14.8 Å². The van der Waals surface area contributed by atoms with Crippen LogP contribution in [-0.4, -0.2) is 55.4 Å². The Kier molecular flexibility index (Phi) is 5.46. The van der Waals surface area contributed by atoms with E-state index >= 15 is 0 Å². The Hall–Kier alpha value is -3.82. The maximum Gasteiger partial charge on any atom is 0.266 e. The second kappa shape index (κ2) is 8.69. The number of hydrogen-bond donors (Lipinski definition) is 0. The minimum atomic E-state index is -2.63. The molecule has 1 fully saturated rings. The zero-order valence-electron chi connectivity index (χ0n) is 20.2. The van der Waals surface area contributed by atoms with Crippen molar-refractivity contribution >= 4 is 5.69 Å². The van der Waals surface area contributed by atoms with Gasteiger partial charge < -0.3 is 14.2 Å². The van der Waals surface area contributed by atoms with Gasteiger partial charge in [0.05, 0.1) is 25.7 Å². The molecule has 1 atom stereocenters. The molecule has 0 bridgehead atoms. The highest BCUT2D eigenvalue weighted by atomic mass is 19.3. The fraction of sp³-hybridized carbons (Fsp3) is 0.385. The number of aryl methyl sites for hydroxylation is 2. The number of benzene rings is 1. The van der Waals surface area contributed by atoms with Crippen molar-refractivity contribution in [1.29, 1.82) is 0 Å². The summed E-state index contributed by atoms with van der Waals surface area (Å²) >= 11 is 0. The normalized spacial score (nSPS) is 18.9. The molecule has 5 heterocycles. The van der Waals surface area contributed by atoms with E-state index < -0.39 is 5.92 Å². The average Bonchev–Trinajstić information content (AvgIpc) is 3.61. The van der Waals surface area contributed by atoms with E-state index in [2.05, 4.69) is 16.0 Å². The third-order valence-electron chi connectivity index (χ3n) is 6.93. The quantitative estimate of drug-likeness (QED) is 0.406. The Morgan fingerprint density at radius 2 is 2.00 bits per heavy atom. The molecule has 2 aliphatic heterocycles. The Morgan fingerprint density at radius 3 is 2.75 bits per heavy atom. The highest BCUT2D eigenvalue weighted by Crippen LogP contribution is 2.37. The summed E-state index contributed by atoms with van der Waals surface area (Å²) in [6.07, 6.45) is 5.42. The first-order valence-corrected chi connectivity index (χ1v) is 12.1. The lowest BCUT2D eigenvalue weighted by Crippen LogP contribution is -2.25. The number of alkyl halides is 2. The van der Waals surface area contributed by atoms with Crippen LogP contribution < -0.4 is 9.64 Å². The highest BCUT2D eigenvalue weighted by Gasteiger charge is 2.38. The summed E-state index contributed by atoms with van der Waals surface area (Å²) < 4.78 is 37.0. The Morgan fingerprint density at radius 1 is 1.11 bits per heavy atom. The molecule has 0 N–H and O–H groups in total. The van der Waals surface area contributed by atoms with Crippen LogP contribution in [0.15, 0.2) is 48.9 Å². The molecule has 6 rings (SSSR count). The van der Waals surface area contributed by atoms with Crippen LogP contribution in [0.4, 0.5) is 14.5 Å². The van der Waals surface area contributed by atoms with Gasteiger partial charge in [-0.05, 0) is 49.6 Å². The van der Waals surface area contributed by atoms with Crippen molar-refractivity contribution in [2.24, 2.45) is 0 Å². The first kappa shape index (κ1) is 22.6. The van der Waals surface area contributed by atoms with Crippen molar-refractivity contribution in [1.82, 2.24) is 29.3 Å². The summed E-state index contributed by atoms with van der Waals surface area (Å²) in [5, 5.41) is 4.76. The van der Waals surface area contributed by atoms with Crippen molar-refractivity contribution < 1.29 is 13.5 Å².